The van der Waals surface area contributed by atoms with E-state index < -0.39 is 34.5 Å². The van der Waals surface area contributed by atoms with Crippen LogP contribution in [-0.4, -0.2) is 35.6 Å². The molecule has 6 nitrogen and oxygen atoms in total. The lowest BCUT2D eigenvalue weighted by molar-refractivity contribution is -0.143. The third-order valence-electron chi connectivity index (χ3n) is 9.87. The Kier molecular flexibility index (Phi) is 12.4. The van der Waals surface area contributed by atoms with Crippen molar-refractivity contribution in [2.75, 3.05) is 13.1 Å². The van der Waals surface area contributed by atoms with Crippen molar-refractivity contribution in [3.05, 3.63) is 94.0 Å². The molecule has 1 aliphatic rings. The molecule has 0 bridgehead atoms. The number of carbonyl (C=O) groups excluding carboxylic acids is 1. The first kappa shape index (κ1) is 41.3. The fourth-order valence-electron chi connectivity index (χ4n) is 6.85. The Bertz CT molecular complexity index is 2030. The number of amides is 1. The number of alkyl halides is 6. The summed E-state index contributed by atoms with van der Waals surface area (Å²) in [6.45, 7) is 11.4. The van der Waals surface area contributed by atoms with Gasteiger partial charge in [0.15, 0.2) is 5.84 Å². The Balaban J connectivity index is 1.66. The van der Waals surface area contributed by atoms with Crippen LogP contribution in [0.1, 0.15) is 124 Å². The van der Waals surface area contributed by atoms with E-state index in [1.807, 2.05) is 25.7 Å². The fourth-order valence-corrected chi connectivity index (χ4v) is 6.85. The van der Waals surface area contributed by atoms with Gasteiger partial charge in [0.25, 0.3) is 5.91 Å². The minimum atomic E-state index is -5.10. The molecule has 0 unspecified atom stereocenters. The molecule has 0 saturated carbocycles. The molecule has 5 rings (SSSR count). The van der Waals surface area contributed by atoms with Crippen molar-refractivity contribution in [2.24, 2.45) is 10.7 Å². The fraction of sp³-hybridized carbons (Fsp3) is 0.419. The van der Waals surface area contributed by atoms with Crippen LogP contribution < -0.4 is 10.5 Å². The number of fused-ring (bicyclic) bond motifs is 2. The predicted octanol–water partition coefficient (Wildman–Crippen LogP) is 12.3. The summed E-state index contributed by atoms with van der Waals surface area (Å²) >= 11 is 0. The Morgan fingerprint density at radius 2 is 1.31 bits per heavy atom. The molecule has 12 heteroatoms. The molecule has 4 aromatic carbocycles. The molecule has 0 aliphatic carbocycles. The average molecular weight is 767 g/mol. The minimum absolute atomic E-state index is 0.0391. The van der Waals surface area contributed by atoms with Crippen LogP contribution in [0.2, 0.25) is 0 Å². The van der Waals surface area contributed by atoms with Gasteiger partial charge in [-0.3, -0.25) is 10.2 Å². The van der Waals surface area contributed by atoms with E-state index in [1.165, 1.54) is 0 Å². The topological polar surface area (TPSA) is 91.8 Å². The van der Waals surface area contributed by atoms with Crippen molar-refractivity contribution in [3.63, 3.8) is 0 Å². The quantitative estimate of drug-likeness (QED) is 0.0989. The van der Waals surface area contributed by atoms with Crippen molar-refractivity contribution in [1.29, 1.82) is 5.41 Å². The summed E-state index contributed by atoms with van der Waals surface area (Å²) in [5.41, 5.74) is 3.75. The van der Waals surface area contributed by atoms with Crippen LogP contribution in [0.4, 0.5) is 26.3 Å². The number of nitrogens with two attached hydrogens (primary N) is 1. The first-order valence-corrected chi connectivity index (χ1v) is 18.8. The number of unbranched alkanes of at least 4 members (excludes halogenated alkanes) is 6. The van der Waals surface area contributed by atoms with E-state index in [9.17, 15) is 31.1 Å². The van der Waals surface area contributed by atoms with Crippen molar-refractivity contribution in [2.45, 2.75) is 104 Å². The molecule has 0 saturated heterocycles. The highest BCUT2D eigenvalue weighted by molar-refractivity contribution is 6.27. The molecule has 55 heavy (non-hydrogen) atoms. The van der Waals surface area contributed by atoms with Gasteiger partial charge in [-0.05, 0) is 89.4 Å². The number of halogens is 6. The van der Waals surface area contributed by atoms with Gasteiger partial charge in [-0.15, -0.1) is 0 Å². The first-order chi connectivity index (χ1) is 25.8. The maximum atomic E-state index is 14.2. The summed E-state index contributed by atoms with van der Waals surface area (Å²) in [6.07, 6.45) is -1.96. The van der Waals surface area contributed by atoms with Gasteiger partial charge in [0.1, 0.15) is 17.3 Å². The molecule has 0 spiro atoms. The van der Waals surface area contributed by atoms with Crippen LogP contribution >= 0.6 is 0 Å². The van der Waals surface area contributed by atoms with E-state index in [0.717, 1.165) is 56.9 Å². The van der Waals surface area contributed by atoms with Crippen LogP contribution in [0.3, 0.4) is 0 Å². The highest BCUT2D eigenvalue weighted by Crippen LogP contribution is 2.47. The number of nitrogens with one attached hydrogen (secondary N) is 1. The van der Waals surface area contributed by atoms with E-state index >= 15 is 0 Å². The van der Waals surface area contributed by atoms with Crippen molar-refractivity contribution in [1.82, 2.24) is 4.90 Å². The van der Waals surface area contributed by atoms with Gasteiger partial charge < -0.3 is 15.4 Å². The van der Waals surface area contributed by atoms with Crippen LogP contribution in [0, 0.1) is 5.41 Å². The van der Waals surface area contributed by atoms with Gasteiger partial charge in [0.2, 0.25) is 0 Å². The zero-order chi connectivity index (χ0) is 40.3. The summed E-state index contributed by atoms with van der Waals surface area (Å²) in [6, 6.07) is 13.0. The third-order valence-corrected chi connectivity index (χ3v) is 9.87. The number of nitrogens with zero attached hydrogens (tertiary/aromatic N) is 2. The van der Waals surface area contributed by atoms with Crippen LogP contribution in [0.15, 0.2) is 65.7 Å². The summed E-state index contributed by atoms with van der Waals surface area (Å²) < 4.78 is 91.4. The summed E-state index contributed by atoms with van der Waals surface area (Å²) in [5, 5.41) is 9.09. The van der Waals surface area contributed by atoms with Crippen molar-refractivity contribution < 1.29 is 35.9 Å². The number of hydrogen-bond acceptors (Lipinski definition) is 4. The predicted molar refractivity (Wildman–Crippen MR) is 206 cm³/mol. The molecule has 0 fully saturated rings. The van der Waals surface area contributed by atoms with Gasteiger partial charge in [-0.1, -0.05) is 79.2 Å². The number of amidine groups is 2. The zero-order valence-corrected chi connectivity index (χ0v) is 31.9. The number of benzene rings is 4. The summed E-state index contributed by atoms with van der Waals surface area (Å²) in [5.74, 6) is -0.148. The van der Waals surface area contributed by atoms with Crippen LogP contribution in [0.25, 0.3) is 21.9 Å². The Morgan fingerprint density at radius 3 is 1.82 bits per heavy atom. The van der Waals surface area contributed by atoms with E-state index in [-0.39, 0.29) is 51.5 Å². The average Bonchev–Trinajstić information content (AvgIpc) is 3.40. The first-order valence-electron chi connectivity index (χ1n) is 18.8. The van der Waals surface area contributed by atoms with E-state index in [0.29, 0.717) is 41.9 Å². The smallest absolute Gasteiger partial charge is 0.416 e. The lowest BCUT2D eigenvalue weighted by atomic mass is 9.82. The Morgan fingerprint density at radius 1 is 0.745 bits per heavy atom. The SMILES string of the molecule is CCCCCCN(CCCCCC)C(=O)c1ccc(Oc2cc(C(C)(C)C)cc3cc4c(c(-c5cc(C(F)(F)F)cc(C(F)(F)F)c5)c23)C(N)=NC4=N)cc1. The molecule has 1 heterocycles. The number of hydrogen-bond donors (Lipinski definition) is 2. The highest BCUT2D eigenvalue weighted by atomic mass is 19.4. The van der Waals surface area contributed by atoms with Gasteiger partial charge in [0.05, 0.1) is 11.1 Å². The van der Waals surface area contributed by atoms with Gasteiger partial charge in [-0.2, -0.15) is 26.3 Å². The van der Waals surface area contributed by atoms with Crippen molar-refractivity contribution >= 4 is 28.4 Å². The van der Waals surface area contributed by atoms with Crippen LogP contribution in [-0.2, 0) is 17.8 Å². The molecule has 1 aliphatic heterocycles. The lowest BCUT2D eigenvalue weighted by Crippen LogP contribution is -2.33. The molecule has 0 atom stereocenters. The maximum Gasteiger partial charge on any atom is 0.416 e. The Labute approximate surface area is 318 Å². The molecule has 1 amide bonds. The molecule has 294 valence electrons. The maximum absolute atomic E-state index is 14.2. The highest BCUT2D eigenvalue weighted by Gasteiger charge is 2.38. The normalized spacial score (nSPS) is 13.3. The van der Waals surface area contributed by atoms with E-state index in [2.05, 4.69) is 18.8 Å². The second-order valence-corrected chi connectivity index (χ2v) is 15.2. The van der Waals surface area contributed by atoms with Crippen LogP contribution in [0.5, 0.6) is 11.5 Å². The minimum Gasteiger partial charge on any atom is -0.457 e. The summed E-state index contributed by atoms with van der Waals surface area (Å²) in [7, 11) is 0. The zero-order valence-electron chi connectivity index (χ0n) is 31.9. The van der Waals surface area contributed by atoms with Gasteiger partial charge in [0, 0.05) is 40.7 Å². The molecular weight excluding hydrogens is 718 g/mol. The Hall–Kier alpha value is -4.87. The summed E-state index contributed by atoms with van der Waals surface area (Å²) in [4.78, 5) is 19.7. The molecule has 4 aromatic rings. The molecule has 3 N–H and O–H groups in total. The standard InChI is InChI=1S/C43H48F6N4O2/c1-6-8-10-12-18-53(19-13-11-9-7-2)40(54)26-14-16-32(17-15-26)55-34-25-29(41(3,4)5)20-28-23-33-37(39(51)52-38(33)50)36(35(28)34)27-21-30(42(44,45)46)24-31(22-27)43(47,48)49/h14-17,20-25H,6-13,18-19H2,1-5H3,(H3,50,51,52). The molecule has 0 radical (unpaired) electrons. The number of carbonyl (C=O) groups is 1. The number of aliphatic imine (C=N–C) groups is 1. The van der Waals surface area contributed by atoms with Gasteiger partial charge in [-0.25, -0.2) is 4.99 Å². The number of rotatable bonds is 14. The van der Waals surface area contributed by atoms with E-state index in [4.69, 9.17) is 15.9 Å². The lowest BCUT2D eigenvalue weighted by Gasteiger charge is -2.24. The van der Waals surface area contributed by atoms with E-state index in [1.54, 1.807) is 42.5 Å². The second kappa shape index (κ2) is 16.5. The molecular formula is C43H48F6N4O2. The van der Waals surface area contributed by atoms with Crippen molar-refractivity contribution in [3.8, 4) is 22.6 Å². The third kappa shape index (κ3) is 9.51. The second-order valence-electron chi connectivity index (χ2n) is 15.2. The molecule has 0 aromatic heterocycles. The van der Waals surface area contributed by atoms with Gasteiger partial charge >= 0.3 is 12.4 Å². The number of ether oxygens (including phenoxy) is 1. The monoisotopic (exact) mass is 766 g/mol. The largest absolute Gasteiger partial charge is 0.457 e.